The van der Waals surface area contributed by atoms with Crippen LogP contribution in [0.15, 0.2) is 54.6 Å². The van der Waals surface area contributed by atoms with Crippen LogP contribution in [-0.4, -0.2) is 24.2 Å². The molecular weight excluding hydrogens is 290 g/mol. The summed E-state index contributed by atoms with van der Waals surface area (Å²) in [7, 11) is 0. The van der Waals surface area contributed by atoms with Crippen LogP contribution in [-0.2, 0) is 16.8 Å². The van der Waals surface area contributed by atoms with Crippen LogP contribution < -0.4 is 10.1 Å². The summed E-state index contributed by atoms with van der Waals surface area (Å²) >= 11 is 0. The summed E-state index contributed by atoms with van der Waals surface area (Å²) in [5, 5.41) is 11.9. The maximum Gasteiger partial charge on any atom is 0.230 e. The standard InChI is InChI=1S/C19H21NO3/c21-12-13-23-17-9-5-4-6-15(17)14-20-18(22)19(10-11-19)16-7-2-1-3-8-16/h1-9,21H,10-14H2,(H,20,22). The highest BCUT2D eigenvalue weighted by Gasteiger charge is 2.50. The molecule has 0 aromatic heterocycles. The van der Waals surface area contributed by atoms with Gasteiger partial charge in [0.15, 0.2) is 0 Å². The van der Waals surface area contributed by atoms with Crippen LogP contribution >= 0.6 is 0 Å². The topological polar surface area (TPSA) is 58.6 Å². The Hall–Kier alpha value is -2.33. The van der Waals surface area contributed by atoms with Crippen molar-refractivity contribution in [2.45, 2.75) is 24.8 Å². The second kappa shape index (κ2) is 6.84. The zero-order valence-electron chi connectivity index (χ0n) is 13.0. The maximum absolute atomic E-state index is 12.6. The molecule has 1 fully saturated rings. The van der Waals surface area contributed by atoms with E-state index in [1.54, 1.807) is 0 Å². The summed E-state index contributed by atoms with van der Waals surface area (Å²) in [4.78, 5) is 12.6. The molecule has 23 heavy (non-hydrogen) atoms. The van der Waals surface area contributed by atoms with Crippen LogP contribution in [0.1, 0.15) is 24.0 Å². The predicted octanol–water partition coefficient (Wildman–Crippen LogP) is 2.41. The lowest BCUT2D eigenvalue weighted by Gasteiger charge is -2.17. The number of para-hydroxylation sites is 1. The first-order valence-corrected chi connectivity index (χ1v) is 7.92. The van der Waals surface area contributed by atoms with E-state index in [2.05, 4.69) is 5.32 Å². The largest absolute Gasteiger partial charge is 0.491 e. The lowest BCUT2D eigenvalue weighted by atomic mass is 9.95. The first-order valence-electron chi connectivity index (χ1n) is 7.92. The lowest BCUT2D eigenvalue weighted by molar-refractivity contribution is -0.123. The van der Waals surface area contributed by atoms with Gasteiger partial charge >= 0.3 is 0 Å². The first-order chi connectivity index (χ1) is 11.3. The van der Waals surface area contributed by atoms with Gasteiger partial charge in [-0.05, 0) is 24.5 Å². The minimum Gasteiger partial charge on any atom is -0.491 e. The van der Waals surface area contributed by atoms with Crippen molar-refractivity contribution in [3.63, 3.8) is 0 Å². The highest BCUT2D eigenvalue weighted by Crippen LogP contribution is 2.48. The number of benzene rings is 2. The van der Waals surface area contributed by atoms with Crippen LogP contribution in [0.2, 0.25) is 0 Å². The number of hydrogen-bond donors (Lipinski definition) is 2. The molecule has 1 aliphatic rings. The fraction of sp³-hybridized carbons (Fsp3) is 0.316. The molecule has 0 saturated heterocycles. The van der Waals surface area contributed by atoms with Crippen LogP contribution in [0.4, 0.5) is 0 Å². The van der Waals surface area contributed by atoms with Crippen molar-refractivity contribution in [2.24, 2.45) is 0 Å². The van der Waals surface area contributed by atoms with Gasteiger partial charge in [0, 0.05) is 12.1 Å². The van der Waals surface area contributed by atoms with E-state index in [9.17, 15) is 4.79 Å². The Morgan fingerprint density at radius 1 is 1.09 bits per heavy atom. The fourth-order valence-electron chi connectivity index (χ4n) is 2.82. The van der Waals surface area contributed by atoms with Crippen molar-refractivity contribution in [2.75, 3.05) is 13.2 Å². The summed E-state index contributed by atoms with van der Waals surface area (Å²) in [6.45, 7) is 0.645. The van der Waals surface area contributed by atoms with Gasteiger partial charge in [-0.2, -0.15) is 0 Å². The van der Waals surface area contributed by atoms with E-state index in [1.807, 2.05) is 54.6 Å². The molecule has 0 atom stereocenters. The molecule has 3 rings (SSSR count). The number of carbonyl (C=O) groups excluding carboxylic acids is 1. The van der Waals surface area contributed by atoms with Gasteiger partial charge in [0.25, 0.3) is 0 Å². The van der Waals surface area contributed by atoms with Gasteiger partial charge in [-0.25, -0.2) is 0 Å². The van der Waals surface area contributed by atoms with E-state index in [1.165, 1.54) is 0 Å². The monoisotopic (exact) mass is 311 g/mol. The molecule has 2 aromatic carbocycles. The predicted molar refractivity (Wildman–Crippen MR) is 88.2 cm³/mol. The molecule has 2 aromatic rings. The second-order valence-electron chi connectivity index (χ2n) is 5.81. The van der Waals surface area contributed by atoms with E-state index in [0.717, 1.165) is 24.0 Å². The van der Waals surface area contributed by atoms with Crippen LogP contribution in [0.25, 0.3) is 0 Å². The van der Waals surface area contributed by atoms with Crippen LogP contribution in [0.5, 0.6) is 5.75 Å². The number of ether oxygens (including phenoxy) is 1. The van der Waals surface area contributed by atoms with Crippen molar-refractivity contribution in [1.82, 2.24) is 5.32 Å². The normalized spacial score (nSPS) is 15.0. The minimum atomic E-state index is -0.359. The van der Waals surface area contributed by atoms with E-state index in [-0.39, 0.29) is 24.5 Å². The summed E-state index contributed by atoms with van der Waals surface area (Å²) in [5.74, 6) is 0.770. The van der Waals surface area contributed by atoms with Crippen molar-refractivity contribution in [1.29, 1.82) is 0 Å². The zero-order valence-corrected chi connectivity index (χ0v) is 13.0. The molecule has 4 heteroatoms. The van der Waals surface area contributed by atoms with Crippen molar-refractivity contribution < 1.29 is 14.6 Å². The molecule has 0 spiro atoms. The number of hydrogen-bond acceptors (Lipinski definition) is 3. The summed E-state index contributed by atoms with van der Waals surface area (Å²) < 4.78 is 5.50. The molecule has 0 bridgehead atoms. The summed E-state index contributed by atoms with van der Waals surface area (Å²) in [6, 6.07) is 17.5. The van der Waals surface area contributed by atoms with Crippen molar-refractivity contribution in [3.05, 3.63) is 65.7 Å². The van der Waals surface area contributed by atoms with Gasteiger partial charge in [0.1, 0.15) is 12.4 Å². The Bertz CT molecular complexity index is 665. The molecule has 1 aliphatic carbocycles. The Morgan fingerprint density at radius 2 is 1.78 bits per heavy atom. The van der Waals surface area contributed by atoms with E-state index < -0.39 is 0 Å². The van der Waals surface area contributed by atoms with Crippen LogP contribution in [0.3, 0.4) is 0 Å². The number of carbonyl (C=O) groups is 1. The summed E-state index contributed by atoms with van der Waals surface area (Å²) in [5.41, 5.74) is 1.64. The molecule has 0 aliphatic heterocycles. The third-order valence-corrected chi connectivity index (χ3v) is 4.27. The second-order valence-corrected chi connectivity index (χ2v) is 5.81. The number of amides is 1. The average Bonchev–Trinajstić information content (AvgIpc) is 3.41. The molecule has 0 heterocycles. The van der Waals surface area contributed by atoms with Gasteiger partial charge < -0.3 is 15.2 Å². The Labute approximate surface area is 136 Å². The van der Waals surface area contributed by atoms with E-state index in [0.29, 0.717) is 12.3 Å². The van der Waals surface area contributed by atoms with E-state index in [4.69, 9.17) is 9.84 Å². The molecule has 2 N–H and O–H groups in total. The van der Waals surface area contributed by atoms with Crippen LogP contribution in [0, 0.1) is 0 Å². The van der Waals surface area contributed by atoms with Crippen molar-refractivity contribution >= 4 is 5.91 Å². The molecule has 4 nitrogen and oxygen atoms in total. The van der Waals surface area contributed by atoms with Gasteiger partial charge in [-0.3, -0.25) is 4.79 Å². The third kappa shape index (κ3) is 3.37. The number of nitrogens with one attached hydrogen (secondary N) is 1. The first kappa shape index (κ1) is 15.6. The lowest BCUT2D eigenvalue weighted by Crippen LogP contribution is -2.34. The Morgan fingerprint density at radius 3 is 2.48 bits per heavy atom. The molecule has 1 amide bonds. The van der Waals surface area contributed by atoms with Gasteiger partial charge in [-0.15, -0.1) is 0 Å². The fourth-order valence-corrected chi connectivity index (χ4v) is 2.82. The van der Waals surface area contributed by atoms with Gasteiger partial charge in [-0.1, -0.05) is 48.5 Å². The van der Waals surface area contributed by atoms with Gasteiger partial charge in [0.2, 0.25) is 5.91 Å². The maximum atomic E-state index is 12.6. The van der Waals surface area contributed by atoms with E-state index >= 15 is 0 Å². The quantitative estimate of drug-likeness (QED) is 0.825. The average molecular weight is 311 g/mol. The molecule has 120 valence electrons. The Balaban J connectivity index is 1.66. The molecular formula is C19H21NO3. The highest BCUT2D eigenvalue weighted by molar-refractivity contribution is 5.91. The van der Waals surface area contributed by atoms with Gasteiger partial charge in [0.05, 0.1) is 12.0 Å². The zero-order chi connectivity index (χ0) is 16.1. The third-order valence-electron chi connectivity index (χ3n) is 4.27. The molecule has 0 radical (unpaired) electrons. The SMILES string of the molecule is O=C(NCc1ccccc1OCCO)C1(c2ccccc2)CC1. The molecule has 1 saturated carbocycles. The highest BCUT2D eigenvalue weighted by atomic mass is 16.5. The minimum absolute atomic E-state index is 0.0299. The smallest absolute Gasteiger partial charge is 0.230 e. The van der Waals surface area contributed by atoms with Crippen molar-refractivity contribution in [3.8, 4) is 5.75 Å². The number of rotatable bonds is 7. The molecule has 0 unspecified atom stereocenters. The Kier molecular flexibility index (Phi) is 4.63. The summed E-state index contributed by atoms with van der Waals surface area (Å²) in [6.07, 6.45) is 1.79. The number of aliphatic hydroxyl groups excluding tert-OH is 1. The number of aliphatic hydroxyl groups is 1.